The van der Waals surface area contributed by atoms with Crippen LogP contribution in [0.15, 0.2) is 72.1 Å². The lowest BCUT2D eigenvalue weighted by Crippen LogP contribution is -2.43. The fraction of sp³-hybridized carbons (Fsp3) is 0.231. The van der Waals surface area contributed by atoms with Crippen LogP contribution in [0.1, 0.15) is 34.8 Å². The molecule has 2 amide bonds. The highest BCUT2D eigenvalue weighted by atomic mass is 19.3. The highest BCUT2D eigenvalue weighted by Gasteiger charge is 2.39. The van der Waals surface area contributed by atoms with E-state index >= 15 is 0 Å². The Morgan fingerprint density at radius 1 is 1.16 bits per heavy atom. The number of methoxy groups -OCH3 is 1. The number of halogens is 2. The van der Waals surface area contributed by atoms with Crippen molar-refractivity contribution in [1.29, 1.82) is 0 Å². The van der Waals surface area contributed by atoms with E-state index in [1.807, 2.05) is 6.92 Å². The van der Waals surface area contributed by atoms with E-state index in [9.17, 15) is 18.4 Å². The van der Waals surface area contributed by atoms with Crippen LogP contribution in [-0.4, -0.2) is 41.9 Å². The maximum Gasteiger partial charge on any atom is 0.431 e. The first kappa shape index (κ1) is 25.5. The fourth-order valence-electron chi connectivity index (χ4n) is 3.74. The Bertz CT molecular complexity index is 1290. The molecule has 0 fully saturated rings. The van der Waals surface area contributed by atoms with E-state index in [1.165, 1.54) is 42.7 Å². The number of cyclic esters (lactones) is 1. The van der Waals surface area contributed by atoms with Gasteiger partial charge >= 0.3 is 12.7 Å². The topological polar surface area (TPSA) is 102 Å². The number of aromatic nitrogens is 1. The number of nitrogens with one attached hydrogen (secondary N) is 1. The largest absolute Gasteiger partial charge is 0.493 e. The molecule has 1 N–H and O–H groups in total. The van der Waals surface area contributed by atoms with Gasteiger partial charge in [-0.3, -0.25) is 9.78 Å². The van der Waals surface area contributed by atoms with Gasteiger partial charge in [-0.25, -0.2) is 4.79 Å². The van der Waals surface area contributed by atoms with Crippen LogP contribution in [0.2, 0.25) is 0 Å². The van der Waals surface area contributed by atoms with Gasteiger partial charge in [0.15, 0.2) is 17.1 Å². The van der Waals surface area contributed by atoms with E-state index in [-0.39, 0.29) is 24.0 Å². The average molecular weight is 510 g/mol. The number of nitrogens with zero attached hydrogens (tertiary/aromatic N) is 3. The second-order valence-electron chi connectivity index (χ2n) is 8.05. The first-order valence-electron chi connectivity index (χ1n) is 11.3. The minimum absolute atomic E-state index is 0.0770. The third kappa shape index (κ3) is 5.83. The second kappa shape index (κ2) is 11.0. The van der Waals surface area contributed by atoms with E-state index < -0.39 is 18.3 Å². The van der Waals surface area contributed by atoms with Crippen LogP contribution >= 0.6 is 0 Å². The van der Waals surface area contributed by atoms with Gasteiger partial charge < -0.3 is 19.5 Å². The molecule has 1 unspecified atom stereocenters. The Balaban J connectivity index is 1.46. The lowest BCUT2D eigenvalue weighted by Gasteiger charge is -2.35. The van der Waals surface area contributed by atoms with Crippen LogP contribution < -0.4 is 14.8 Å². The summed E-state index contributed by atoms with van der Waals surface area (Å²) in [4.78, 5) is 29.1. The third-order valence-corrected chi connectivity index (χ3v) is 5.75. The fourth-order valence-corrected chi connectivity index (χ4v) is 3.74. The molecule has 192 valence electrons. The average Bonchev–Trinajstić information content (AvgIpc) is 2.91. The summed E-state index contributed by atoms with van der Waals surface area (Å²) in [6, 6.07) is 14.6. The van der Waals surface area contributed by atoms with Crippen LogP contribution in [0.25, 0.3) is 0 Å². The molecule has 0 saturated carbocycles. The zero-order valence-corrected chi connectivity index (χ0v) is 20.1. The molecule has 9 nitrogen and oxygen atoms in total. The van der Waals surface area contributed by atoms with Gasteiger partial charge in [0.2, 0.25) is 0 Å². The van der Waals surface area contributed by atoms with E-state index in [0.29, 0.717) is 23.2 Å². The number of carbonyl (C=O) groups excluding carboxylic acids is 2. The third-order valence-electron chi connectivity index (χ3n) is 5.75. The first-order valence-corrected chi connectivity index (χ1v) is 11.3. The molecular formula is C26H24F2N4O5. The van der Waals surface area contributed by atoms with Crippen LogP contribution in [0, 0.1) is 0 Å². The SMILES string of the molecule is CCC1(c2ccc(OC(F)F)c(OC)c2)C=NN(Cc2ccc(NC(=O)c3cccnc3)cc2)C(=O)O1. The van der Waals surface area contributed by atoms with Gasteiger partial charge in [-0.1, -0.05) is 25.1 Å². The zero-order chi connectivity index (χ0) is 26.4. The number of carbonyl (C=O) groups is 2. The predicted octanol–water partition coefficient (Wildman–Crippen LogP) is 5.19. The summed E-state index contributed by atoms with van der Waals surface area (Å²) in [6.45, 7) is -1.06. The summed E-state index contributed by atoms with van der Waals surface area (Å²) < 4.78 is 40.7. The lowest BCUT2D eigenvalue weighted by atomic mass is 9.91. The number of hydrazone groups is 1. The Hall–Kier alpha value is -4.54. The van der Waals surface area contributed by atoms with Crippen LogP contribution in [-0.2, 0) is 16.9 Å². The number of hydrogen-bond acceptors (Lipinski definition) is 7. The smallest absolute Gasteiger partial charge is 0.431 e. The van der Waals surface area contributed by atoms with Gasteiger partial charge in [0.25, 0.3) is 5.91 Å². The van der Waals surface area contributed by atoms with Crippen molar-refractivity contribution in [2.45, 2.75) is 32.1 Å². The van der Waals surface area contributed by atoms with Crippen molar-refractivity contribution in [3.05, 3.63) is 83.7 Å². The number of alkyl halides is 2. The van der Waals surface area contributed by atoms with Gasteiger partial charge in [-0.15, -0.1) is 0 Å². The van der Waals surface area contributed by atoms with Crippen molar-refractivity contribution in [3.63, 3.8) is 0 Å². The minimum Gasteiger partial charge on any atom is -0.493 e. The van der Waals surface area contributed by atoms with Crippen LogP contribution in [0.5, 0.6) is 11.5 Å². The van der Waals surface area contributed by atoms with Crippen molar-refractivity contribution in [1.82, 2.24) is 9.99 Å². The first-order chi connectivity index (χ1) is 17.8. The Labute approximate surface area is 211 Å². The summed E-state index contributed by atoms with van der Waals surface area (Å²) >= 11 is 0. The molecule has 1 atom stereocenters. The van der Waals surface area contributed by atoms with Gasteiger partial charge in [0.05, 0.1) is 25.4 Å². The normalized spacial score (nSPS) is 16.9. The van der Waals surface area contributed by atoms with Crippen molar-refractivity contribution < 1.29 is 32.6 Å². The van der Waals surface area contributed by atoms with Crippen molar-refractivity contribution in [2.24, 2.45) is 5.10 Å². The molecule has 2 heterocycles. The maximum absolute atomic E-state index is 12.9. The number of ether oxygens (including phenoxy) is 3. The van der Waals surface area contributed by atoms with Crippen LogP contribution in [0.4, 0.5) is 19.3 Å². The highest BCUT2D eigenvalue weighted by molar-refractivity contribution is 6.04. The molecule has 3 aromatic rings. The number of benzene rings is 2. The van der Waals surface area contributed by atoms with E-state index in [1.54, 1.807) is 42.6 Å². The Morgan fingerprint density at radius 2 is 1.95 bits per heavy atom. The van der Waals surface area contributed by atoms with Gasteiger partial charge in [0, 0.05) is 23.6 Å². The summed E-state index contributed by atoms with van der Waals surface area (Å²) in [5.74, 6) is -0.340. The number of anilines is 1. The van der Waals surface area contributed by atoms with Gasteiger partial charge in [-0.05, 0) is 48.4 Å². The molecule has 11 heteroatoms. The number of amides is 2. The number of rotatable bonds is 9. The van der Waals surface area contributed by atoms with E-state index in [0.717, 1.165) is 5.56 Å². The standard InChI is InChI=1S/C26H24F2N4O5/c1-3-26(19-8-11-21(36-24(27)28)22(13-19)35-2)16-30-32(25(34)37-26)15-17-6-9-20(10-7-17)31-23(33)18-5-4-12-29-14-18/h4-14,16,24H,3,15H2,1-2H3,(H,31,33). The molecule has 37 heavy (non-hydrogen) atoms. The van der Waals surface area contributed by atoms with Crippen molar-refractivity contribution in [2.75, 3.05) is 12.4 Å². The summed E-state index contributed by atoms with van der Waals surface area (Å²) in [7, 11) is 1.33. The highest BCUT2D eigenvalue weighted by Crippen LogP contribution is 2.37. The molecule has 2 aromatic carbocycles. The molecule has 0 saturated heterocycles. The molecule has 1 aliphatic rings. The van der Waals surface area contributed by atoms with Crippen molar-refractivity contribution in [3.8, 4) is 11.5 Å². The van der Waals surface area contributed by atoms with Crippen LogP contribution in [0.3, 0.4) is 0 Å². The monoisotopic (exact) mass is 510 g/mol. The molecule has 0 aliphatic carbocycles. The molecule has 4 rings (SSSR count). The second-order valence-corrected chi connectivity index (χ2v) is 8.05. The number of hydrogen-bond donors (Lipinski definition) is 1. The minimum atomic E-state index is -3.01. The van der Waals surface area contributed by atoms with E-state index in [4.69, 9.17) is 9.47 Å². The summed E-state index contributed by atoms with van der Waals surface area (Å²) in [5.41, 5.74) is 1.07. The molecule has 1 aliphatic heterocycles. The van der Waals surface area contributed by atoms with Gasteiger partial charge in [-0.2, -0.15) is 18.9 Å². The van der Waals surface area contributed by atoms with E-state index in [2.05, 4.69) is 20.1 Å². The Morgan fingerprint density at radius 3 is 2.57 bits per heavy atom. The summed E-state index contributed by atoms with van der Waals surface area (Å²) in [5, 5.41) is 8.26. The summed E-state index contributed by atoms with van der Waals surface area (Å²) in [6.07, 6.45) is 4.23. The molecule has 0 radical (unpaired) electrons. The van der Waals surface area contributed by atoms with Crippen molar-refractivity contribution >= 4 is 23.9 Å². The number of pyridine rings is 1. The zero-order valence-electron chi connectivity index (χ0n) is 20.1. The quantitative estimate of drug-likeness (QED) is 0.425. The molecule has 1 aromatic heterocycles. The lowest BCUT2D eigenvalue weighted by molar-refractivity contribution is -0.0512. The molecular weight excluding hydrogens is 486 g/mol. The molecule has 0 bridgehead atoms. The Kier molecular flexibility index (Phi) is 7.61. The van der Waals surface area contributed by atoms with Gasteiger partial charge in [0.1, 0.15) is 0 Å². The molecule has 0 spiro atoms. The maximum atomic E-state index is 12.9. The predicted molar refractivity (Wildman–Crippen MR) is 131 cm³/mol.